The molecule has 38 heavy (non-hydrogen) atoms. The molecule has 0 N–H and O–H groups in total. The van der Waals surface area contributed by atoms with Crippen molar-refractivity contribution in [2.24, 2.45) is 0 Å². The van der Waals surface area contributed by atoms with Gasteiger partial charge in [-0.05, 0) is 45.0 Å². The second-order valence-electron chi connectivity index (χ2n) is 9.01. The van der Waals surface area contributed by atoms with Crippen LogP contribution in [-0.4, -0.2) is 15.0 Å². The minimum atomic E-state index is -0.628. The van der Waals surface area contributed by atoms with E-state index in [4.69, 9.17) is 18.5 Å². The van der Waals surface area contributed by atoms with E-state index in [1.54, 1.807) is 0 Å². The van der Waals surface area contributed by atoms with Crippen LogP contribution >= 0.6 is 11.6 Å². The van der Waals surface area contributed by atoms with Gasteiger partial charge in [-0.2, -0.15) is 9.97 Å². The number of hydrogen-bond acceptors (Lipinski definition) is 3. The van der Waals surface area contributed by atoms with Crippen molar-refractivity contribution in [2.45, 2.75) is 5.41 Å². The lowest BCUT2D eigenvalue weighted by atomic mass is 9.67. The molecular weight excluding hydrogens is 486 g/mol. The summed E-state index contributed by atoms with van der Waals surface area (Å²) in [5.74, 6) is 0.152. The molecule has 0 amide bonds. The summed E-state index contributed by atoms with van der Waals surface area (Å²) in [5, 5.41) is -0.145. The Morgan fingerprint density at radius 1 is 0.553 bits per heavy atom. The third-order valence-electron chi connectivity index (χ3n) is 7.06. The topological polar surface area (TPSA) is 38.7 Å². The molecule has 0 fully saturated rings. The fourth-order valence-electron chi connectivity index (χ4n) is 5.62. The summed E-state index contributed by atoms with van der Waals surface area (Å²) in [7, 11) is 0. The highest BCUT2D eigenvalue weighted by Gasteiger charge is 2.46. The SMILES string of the molecule is [2H]c1c([2H])c([2H])c(-c2nc(Cl)nc(-c3cccc4c3-c3ccccc3C4(c3ccccc3)c3ccccc3)n2)c([2H])c1[2H]. The third kappa shape index (κ3) is 3.40. The lowest BCUT2D eigenvalue weighted by Gasteiger charge is -2.33. The van der Waals surface area contributed by atoms with Crippen LogP contribution < -0.4 is 0 Å². The third-order valence-corrected chi connectivity index (χ3v) is 7.22. The van der Waals surface area contributed by atoms with Crippen LogP contribution in [0.2, 0.25) is 5.28 Å². The van der Waals surface area contributed by atoms with E-state index < -0.39 is 35.6 Å². The normalized spacial score (nSPS) is 14.9. The zero-order valence-corrected chi connectivity index (χ0v) is 20.8. The van der Waals surface area contributed by atoms with Crippen molar-refractivity contribution in [3.8, 4) is 33.9 Å². The summed E-state index contributed by atoms with van der Waals surface area (Å²) in [6.07, 6.45) is 0. The second-order valence-corrected chi connectivity index (χ2v) is 9.35. The summed E-state index contributed by atoms with van der Waals surface area (Å²) in [4.78, 5) is 13.4. The zero-order chi connectivity index (χ0) is 29.9. The van der Waals surface area contributed by atoms with Crippen molar-refractivity contribution in [1.29, 1.82) is 0 Å². The van der Waals surface area contributed by atoms with Gasteiger partial charge in [0.25, 0.3) is 0 Å². The highest BCUT2D eigenvalue weighted by Crippen LogP contribution is 2.57. The number of benzene rings is 5. The van der Waals surface area contributed by atoms with E-state index in [1.165, 1.54) is 0 Å². The largest absolute Gasteiger partial charge is 0.226 e. The molecule has 7 rings (SSSR count). The van der Waals surface area contributed by atoms with Gasteiger partial charge in [0.05, 0.1) is 12.3 Å². The molecule has 1 heterocycles. The van der Waals surface area contributed by atoms with Crippen LogP contribution in [0.1, 0.15) is 29.1 Å². The van der Waals surface area contributed by atoms with E-state index in [1.807, 2.05) is 60.7 Å². The Morgan fingerprint density at radius 3 is 1.84 bits per heavy atom. The minimum Gasteiger partial charge on any atom is -0.208 e. The van der Waals surface area contributed by atoms with Gasteiger partial charge in [0, 0.05) is 11.1 Å². The fourth-order valence-corrected chi connectivity index (χ4v) is 5.78. The van der Waals surface area contributed by atoms with Gasteiger partial charge in [-0.3, -0.25) is 0 Å². The van der Waals surface area contributed by atoms with Crippen LogP contribution in [0.5, 0.6) is 0 Å². The molecule has 3 nitrogen and oxygen atoms in total. The Balaban J connectivity index is 1.55. The molecule has 1 aliphatic rings. The van der Waals surface area contributed by atoms with Crippen LogP contribution in [0.4, 0.5) is 0 Å². The molecule has 0 radical (unpaired) electrons. The molecule has 5 aromatic carbocycles. The molecule has 1 aliphatic carbocycles. The van der Waals surface area contributed by atoms with E-state index in [9.17, 15) is 0 Å². The quantitative estimate of drug-likeness (QED) is 0.238. The summed E-state index contributed by atoms with van der Waals surface area (Å²) in [5.41, 5.74) is 6.25. The number of hydrogen-bond donors (Lipinski definition) is 0. The molecule has 0 spiro atoms. The average Bonchev–Trinajstić information content (AvgIpc) is 3.35. The molecule has 0 bridgehead atoms. The number of aromatic nitrogens is 3. The smallest absolute Gasteiger partial charge is 0.208 e. The molecule has 0 saturated carbocycles. The number of nitrogens with zero attached hydrogens (tertiary/aromatic N) is 3. The van der Waals surface area contributed by atoms with Crippen molar-refractivity contribution in [1.82, 2.24) is 15.0 Å². The van der Waals surface area contributed by atoms with Gasteiger partial charge in [0.2, 0.25) is 5.28 Å². The maximum atomic E-state index is 8.46. The van der Waals surface area contributed by atoms with Crippen molar-refractivity contribution >= 4 is 11.6 Å². The molecule has 0 atom stereocenters. The fraction of sp³-hybridized carbons (Fsp3) is 0.0294. The average molecular weight is 513 g/mol. The van der Waals surface area contributed by atoms with Crippen molar-refractivity contribution in [2.75, 3.05) is 0 Å². The van der Waals surface area contributed by atoms with Gasteiger partial charge in [0.15, 0.2) is 11.6 Å². The summed E-state index contributed by atoms with van der Waals surface area (Å²) < 4.78 is 41.2. The standard InChI is InChI=1S/C34H22ClN3/c35-33-37-31(23-13-4-1-5-14-23)36-32(38-33)27-20-12-22-29-30(27)26-19-10-11-21-28(26)34(29,24-15-6-2-7-16-24)25-17-8-3-9-18-25/h1-22H/i1D,4D,5D,13D,14D. The lowest BCUT2D eigenvalue weighted by molar-refractivity contribution is 0.768. The number of fused-ring (bicyclic) bond motifs is 3. The summed E-state index contributed by atoms with van der Waals surface area (Å²) in [6.45, 7) is 0. The molecule has 0 aliphatic heterocycles. The Bertz CT molecular complexity index is 1980. The molecule has 0 unspecified atom stereocenters. The van der Waals surface area contributed by atoms with Crippen LogP contribution in [-0.2, 0) is 5.41 Å². The predicted octanol–water partition coefficient (Wildman–Crippen LogP) is 8.22. The van der Waals surface area contributed by atoms with Crippen LogP contribution in [0.3, 0.4) is 0 Å². The zero-order valence-electron chi connectivity index (χ0n) is 25.0. The molecule has 180 valence electrons. The first-order chi connectivity index (χ1) is 20.8. The first-order valence-corrected chi connectivity index (χ1v) is 12.6. The van der Waals surface area contributed by atoms with Crippen LogP contribution in [0, 0.1) is 0 Å². The molecule has 0 saturated heterocycles. The Kier molecular flexibility index (Phi) is 4.24. The maximum absolute atomic E-state index is 8.46. The molecule has 1 aromatic heterocycles. The second kappa shape index (κ2) is 9.05. The monoisotopic (exact) mass is 512 g/mol. The van der Waals surface area contributed by atoms with Gasteiger partial charge in [-0.15, -0.1) is 0 Å². The van der Waals surface area contributed by atoms with E-state index in [-0.39, 0.29) is 22.5 Å². The Hall–Kier alpha value is -4.60. The maximum Gasteiger partial charge on any atom is 0.226 e. The van der Waals surface area contributed by atoms with Crippen molar-refractivity contribution in [3.05, 3.63) is 161 Å². The number of rotatable bonds is 4. The van der Waals surface area contributed by atoms with Gasteiger partial charge in [-0.25, -0.2) is 4.98 Å². The van der Waals surface area contributed by atoms with Gasteiger partial charge < -0.3 is 0 Å². The first-order valence-electron chi connectivity index (χ1n) is 14.7. The van der Waals surface area contributed by atoms with Gasteiger partial charge >= 0.3 is 0 Å². The van der Waals surface area contributed by atoms with Crippen molar-refractivity contribution in [3.63, 3.8) is 0 Å². The summed E-state index contributed by atoms with van der Waals surface area (Å²) >= 11 is 6.45. The first kappa shape index (κ1) is 17.8. The van der Waals surface area contributed by atoms with Gasteiger partial charge in [-0.1, -0.05) is 133 Å². The van der Waals surface area contributed by atoms with E-state index in [2.05, 4.69) is 57.4 Å². The molecule has 4 heteroatoms. The highest BCUT2D eigenvalue weighted by atomic mass is 35.5. The minimum absolute atomic E-state index is 0.0896. The van der Waals surface area contributed by atoms with Crippen LogP contribution in [0.25, 0.3) is 33.9 Å². The van der Waals surface area contributed by atoms with Gasteiger partial charge in [0.1, 0.15) is 0 Å². The molecular formula is C34H22ClN3. The molecule has 6 aromatic rings. The summed E-state index contributed by atoms with van der Waals surface area (Å²) in [6, 6.07) is 32.8. The van der Waals surface area contributed by atoms with Crippen LogP contribution in [0.15, 0.2) is 133 Å². The lowest BCUT2D eigenvalue weighted by Crippen LogP contribution is -2.28. The van der Waals surface area contributed by atoms with E-state index >= 15 is 0 Å². The highest BCUT2D eigenvalue weighted by molar-refractivity contribution is 6.28. The van der Waals surface area contributed by atoms with E-state index in [0.29, 0.717) is 5.56 Å². The Morgan fingerprint density at radius 2 is 1.13 bits per heavy atom. The predicted molar refractivity (Wildman–Crippen MR) is 153 cm³/mol. The number of halogens is 1. The van der Waals surface area contributed by atoms with Crippen molar-refractivity contribution < 1.29 is 6.85 Å². The Labute approximate surface area is 233 Å². The van der Waals surface area contributed by atoms with E-state index in [0.717, 1.165) is 33.4 Å².